The molecule has 0 atom stereocenters. The minimum absolute atomic E-state index is 0.568. The molecule has 14 rings (SSSR count). The van der Waals surface area contributed by atoms with E-state index in [1.54, 1.807) is 0 Å². The number of furan rings is 1. The lowest BCUT2D eigenvalue weighted by atomic mass is 10.00. The van der Waals surface area contributed by atoms with E-state index in [1.807, 2.05) is 18.2 Å². The van der Waals surface area contributed by atoms with E-state index >= 15 is 0 Å². The Labute approximate surface area is 384 Å². The molecule has 0 N–H and O–H groups in total. The van der Waals surface area contributed by atoms with Crippen LogP contribution in [0.3, 0.4) is 0 Å². The number of hydrogen-bond acceptors (Lipinski definition) is 4. The number of aromatic nitrogens is 5. The van der Waals surface area contributed by atoms with Gasteiger partial charge in [-0.2, -0.15) is 0 Å². The monoisotopic (exact) mass is 855 g/mol. The van der Waals surface area contributed by atoms with E-state index in [2.05, 4.69) is 215 Å². The van der Waals surface area contributed by atoms with Crippen LogP contribution in [0, 0.1) is 0 Å². The number of benzene rings is 10. The first-order valence-electron chi connectivity index (χ1n) is 22.6. The SMILES string of the molecule is c1ccc(-n2c3ccccc3c3cccc(-n4c5ccccc5c5ccc(-c6nc(-c7ccc(-c8ccc9ccccc9c8)cc7)nc(-c7ccc8c(c7)oc7ccccc78)n6)cc54)c32)cc1. The van der Waals surface area contributed by atoms with E-state index in [1.165, 1.54) is 26.9 Å². The molecule has 67 heavy (non-hydrogen) atoms. The van der Waals surface area contributed by atoms with Gasteiger partial charge < -0.3 is 13.6 Å². The summed E-state index contributed by atoms with van der Waals surface area (Å²) in [6, 6.07) is 79.3. The molecule has 0 aliphatic rings. The predicted octanol–water partition coefficient (Wildman–Crippen LogP) is 15.8. The Morgan fingerprint density at radius 2 is 0.836 bits per heavy atom. The first-order valence-corrected chi connectivity index (χ1v) is 22.6. The van der Waals surface area contributed by atoms with E-state index in [9.17, 15) is 0 Å². The van der Waals surface area contributed by atoms with Crippen molar-refractivity contribution >= 4 is 76.3 Å². The van der Waals surface area contributed by atoms with Gasteiger partial charge >= 0.3 is 0 Å². The summed E-state index contributed by atoms with van der Waals surface area (Å²) in [6.45, 7) is 0. The van der Waals surface area contributed by atoms with E-state index in [0.717, 1.165) is 88.6 Å². The van der Waals surface area contributed by atoms with Gasteiger partial charge in [0.2, 0.25) is 0 Å². The number of para-hydroxylation sites is 5. The van der Waals surface area contributed by atoms with Gasteiger partial charge in [0.1, 0.15) is 11.2 Å². The summed E-state index contributed by atoms with van der Waals surface area (Å²) in [7, 11) is 0. The highest BCUT2D eigenvalue weighted by molar-refractivity contribution is 6.15. The van der Waals surface area contributed by atoms with Gasteiger partial charge in [0.25, 0.3) is 0 Å². The van der Waals surface area contributed by atoms with Crippen LogP contribution in [0.1, 0.15) is 0 Å². The number of rotatable bonds is 6. The molecular weight excluding hydrogens is 819 g/mol. The van der Waals surface area contributed by atoms with Crippen molar-refractivity contribution in [1.82, 2.24) is 24.1 Å². The minimum Gasteiger partial charge on any atom is -0.456 e. The zero-order valence-electron chi connectivity index (χ0n) is 36.0. The second-order valence-electron chi connectivity index (χ2n) is 17.2. The van der Waals surface area contributed by atoms with Crippen LogP contribution < -0.4 is 0 Å². The predicted molar refractivity (Wildman–Crippen MR) is 275 cm³/mol. The van der Waals surface area contributed by atoms with Crippen molar-refractivity contribution in [2.75, 3.05) is 0 Å². The third kappa shape index (κ3) is 5.93. The standard InChI is InChI=1S/C61H37N5O/c1-2-15-45(16-3-1)65-52-21-9-7-18-47(52)51-20-12-23-54(58(51)65)66-53-22-10-6-17-46(53)48-33-31-43(36-55(48)66)60-62-59(40-28-25-39(26-29-40)42-30-27-38-13-4-5-14-41(38)35-42)63-61(64-60)44-32-34-50-49-19-8-11-24-56(49)67-57(50)37-44/h1-37H. The van der Waals surface area contributed by atoms with Crippen molar-refractivity contribution in [3.63, 3.8) is 0 Å². The topological polar surface area (TPSA) is 61.7 Å². The summed E-state index contributed by atoms with van der Waals surface area (Å²) in [4.78, 5) is 15.7. The Hall–Kier alpha value is -9.13. The molecular formula is C61H37N5O. The van der Waals surface area contributed by atoms with Gasteiger partial charge in [0.15, 0.2) is 17.5 Å². The molecule has 0 aliphatic carbocycles. The molecule has 4 heterocycles. The molecule has 0 spiro atoms. The zero-order valence-corrected chi connectivity index (χ0v) is 36.0. The van der Waals surface area contributed by atoms with Gasteiger partial charge in [0.05, 0.1) is 27.8 Å². The first-order chi connectivity index (χ1) is 33.2. The second-order valence-corrected chi connectivity index (χ2v) is 17.2. The third-order valence-corrected chi connectivity index (χ3v) is 13.4. The van der Waals surface area contributed by atoms with E-state index < -0.39 is 0 Å². The fourth-order valence-electron chi connectivity index (χ4n) is 10.2. The molecule has 4 aromatic heterocycles. The van der Waals surface area contributed by atoms with E-state index in [0.29, 0.717) is 17.5 Å². The van der Waals surface area contributed by atoms with Crippen LogP contribution in [0.2, 0.25) is 0 Å². The molecule has 0 saturated carbocycles. The van der Waals surface area contributed by atoms with Crippen LogP contribution >= 0.6 is 0 Å². The average Bonchev–Trinajstić information content (AvgIpc) is 4.06. The maximum absolute atomic E-state index is 6.37. The smallest absolute Gasteiger partial charge is 0.164 e. The normalized spacial score (nSPS) is 11.9. The van der Waals surface area contributed by atoms with Crippen molar-refractivity contribution in [2.24, 2.45) is 0 Å². The lowest BCUT2D eigenvalue weighted by Crippen LogP contribution is -2.01. The maximum atomic E-state index is 6.37. The summed E-state index contributed by atoms with van der Waals surface area (Å²) in [5.74, 6) is 1.74. The summed E-state index contributed by atoms with van der Waals surface area (Å²) in [5, 5.41) is 9.29. The highest BCUT2D eigenvalue weighted by Gasteiger charge is 2.22. The van der Waals surface area contributed by atoms with Crippen molar-refractivity contribution in [1.29, 1.82) is 0 Å². The molecule has 0 radical (unpaired) electrons. The van der Waals surface area contributed by atoms with Gasteiger partial charge in [-0.3, -0.25) is 0 Å². The lowest BCUT2D eigenvalue weighted by Gasteiger charge is -2.14. The van der Waals surface area contributed by atoms with Crippen molar-refractivity contribution in [2.45, 2.75) is 0 Å². The van der Waals surface area contributed by atoms with Crippen molar-refractivity contribution < 1.29 is 4.42 Å². The molecule has 0 bridgehead atoms. The molecule has 0 unspecified atom stereocenters. The molecule has 6 nitrogen and oxygen atoms in total. The van der Waals surface area contributed by atoms with Gasteiger partial charge in [0, 0.05) is 54.7 Å². The Bertz CT molecular complexity index is 4270. The Balaban J connectivity index is 0.976. The quantitative estimate of drug-likeness (QED) is 0.167. The molecule has 6 heteroatoms. The van der Waals surface area contributed by atoms with Crippen LogP contribution in [-0.4, -0.2) is 24.1 Å². The number of nitrogens with zero attached hydrogens (tertiary/aromatic N) is 5. The summed E-state index contributed by atoms with van der Waals surface area (Å²) in [5.41, 5.74) is 13.2. The minimum atomic E-state index is 0.568. The van der Waals surface area contributed by atoms with Crippen molar-refractivity contribution in [3.05, 3.63) is 224 Å². The Kier molecular flexibility index (Phi) is 8.18. The fraction of sp³-hybridized carbons (Fsp3) is 0. The van der Waals surface area contributed by atoms with Crippen LogP contribution in [0.5, 0.6) is 0 Å². The highest BCUT2D eigenvalue weighted by Crippen LogP contribution is 2.41. The lowest BCUT2D eigenvalue weighted by molar-refractivity contribution is 0.669. The largest absolute Gasteiger partial charge is 0.456 e. The Morgan fingerprint density at radius 1 is 0.299 bits per heavy atom. The summed E-state index contributed by atoms with van der Waals surface area (Å²) >= 11 is 0. The van der Waals surface area contributed by atoms with Crippen LogP contribution in [0.25, 0.3) is 133 Å². The number of fused-ring (bicyclic) bond motifs is 10. The van der Waals surface area contributed by atoms with Crippen molar-refractivity contribution in [3.8, 4) is 56.7 Å². The Morgan fingerprint density at radius 3 is 1.63 bits per heavy atom. The van der Waals surface area contributed by atoms with Gasteiger partial charge in [-0.1, -0.05) is 164 Å². The molecule has 0 fully saturated rings. The van der Waals surface area contributed by atoms with E-state index in [-0.39, 0.29) is 0 Å². The van der Waals surface area contributed by atoms with Gasteiger partial charge in [-0.25, -0.2) is 15.0 Å². The molecule has 10 aromatic carbocycles. The van der Waals surface area contributed by atoms with Gasteiger partial charge in [-0.05, 0) is 82.6 Å². The first kappa shape index (κ1) is 37.3. The van der Waals surface area contributed by atoms with Crippen LogP contribution in [-0.2, 0) is 0 Å². The second kappa shape index (κ2) is 14.7. The summed E-state index contributed by atoms with van der Waals surface area (Å²) in [6.07, 6.45) is 0. The van der Waals surface area contributed by atoms with E-state index in [4.69, 9.17) is 19.4 Å². The fourth-order valence-corrected chi connectivity index (χ4v) is 10.2. The number of hydrogen-bond donors (Lipinski definition) is 0. The zero-order chi connectivity index (χ0) is 44.0. The van der Waals surface area contributed by atoms with Gasteiger partial charge in [-0.15, -0.1) is 0 Å². The molecule has 0 amide bonds. The third-order valence-electron chi connectivity index (χ3n) is 13.4. The average molecular weight is 856 g/mol. The molecule has 312 valence electrons. The van der Waals surface area contributed by atoms with Crippen LogP contribution in [0.15, 0.2) is 229 Å². The molecule has 0 saturated heterocycles. The molecule has 14 aromatic rings. The molecule has 0 aliphatic heterocycles. The maximum Gasteiger partial charge on any atom is 0.164 e. The van der Waals surface area contributed by atoms with Crippen LogP contribution in [0.4, 0.5) is 0 Å². The summed E-state index contributed by atoms with van der Waals surface area (Å²) < 4.78 is 11.2. The highest BCUT2D eigenvalue weighted by atomic mass is 16.3.